The van der Waals surface area contributed by atoms with Crippen molar-refractivity contribution in [2.75, 3.05) is 23.0 Å². The fraction of sp³-hybridized carbons (Fsp3) is 0.500. The van der Waals surface area contributed by atoms with Crippen LogP contribution in [-0.4, -0.2) is 27.5 Å². The second kappa shape index (κ2) is 5.87. The fourth-order valence-corrected chi connectivity index (χ4v) is 3.01. The van der Waals surface area contributed by atoms with Crippen LogP contribution in [0.4, 0.5) is 17.3 Å². The summed E-state index contributed by atoms with van der Waals surface area (Å²) in [6.45, 7) is 0.767. The van der Waals surface area contributed by atoms with Crippen LogP contribution in [0.2, 0.25) is 0 Å². The molecule has 1 unspecified atom stereocenters. The summed E-state index contributed by atoms with van der Waals surface area (Å²) in [5.74, 6) is 7.18. The van der Waals surface area contributed by atoms with Crippen molar-refractivity contribution in [2.24, 2.45) is 5.84 Å². The molecule has 1 aromatic heterocycles. The number of hydrogen-bond donors (Lipinski definition) is 3. The number of hydrazine groups is 1. The van der Waals surface area contributed by atoms with Crippen molar-refractivity contribution < 1.29 is 4.92 Å². The molecule has 1 saturated heterocycles. The lowest BCUT2D eigenvalue weighted by atomic mass is 10.2. The van der Waals surface area contributed by atoms with Crippen molar-refractivity contribution in [1.29, 1.82) is 0 Å². The van der Waals surface area contributed by atoms with Crippen molar-refractivity contribution in [3.05, 3.63) is 22.2 Å². The van der Waals surface area contributed by atoms with Crippen LogP contribution in [0, 0.1) is 10.1 Å². The number of pyridine rings is 1. The van der Waals surface area contributed by atoms with E-state index >= 15 is 0 Å². The van der Waals surface area contributed by atoms with E-state index in [0.29, 0.717) is 11.1 Å². The van der Waals surface area contributed by atoms with E-state index < -0.39 is 4.92 Å². The van der Waals surface area contributed by atoms with Gasteiger partial charge in [0, 0.05) is 11.8 Å². The number of hydrogen-bond acceptors (Lipinski definition) is 7. The van der Waals surface area contributed by atoms with E-state index in [9.17, 15) is 10.1 Å². The number of nitrogens with two attached hydrogens (primary N) is 1. The van der Waals surface area contributed by atoms with Gasteiger partial charge in [0.15, 0.2) is 0 Å². The summed E-state index contributed by atoms with van der Waals surface area (Å²) in [4.78, 5) is 14.4. The minimum absolute atomic E-state index is 0.0282. The lowest BCUT2D eigenvalue weighted by Crippen LogP contribution is -2.16. The molecule has 2 heterocycles. The van der Waals surface area contributed by atoms with Crippen LogP contribution in [0.25, 0.3) is 0 Å². The number of nitro groups is 1. The highest BCUT2D eigenvalue weighted by Crippen LogP contribution is 2.27. The largest absolute Gasteiger partial charge is 0.369 e. The van der Waals surface area contributed by atoms with Gasteiger partial charge in [0.05, 0.1) is 17.1 Å². The van der Waals surface area contributed by atoms with Crippen LogP contribution in [0.5, 0.6) is 0 Å². The topological polar surface area (TPSA) is 106 Å². The summed E-state index contributed by atoms with van der Waals surface area (Å²) in [6, 6.07) is 2.72. The van der Waals surface area contributed by atoms with Gasteiger partial charge in [-0.25, -0.2) is 10.8 Å². The maximum absolute atomic E-state index is 10.8. The van der Waals surface area contributed by atoms with Gasteiger partial charge in [-0.2, -0.15) is 11.8 Å². The summed E-state index contributed by atoms with van der Waals surface area (Å²) in [5, 5.41) is 14.4. The molecule has 1 aliphatic heterocycles. The molecule has 7 nitrogen and oxygen atoms in total. The number of aromatic nitrogens is 1. The van der Waals surface area contributed by atoms with E-state index in [-0.39, 0.29) is 11.5 Å². The molecule has 0 amide bonds. The van der Waals surface area contributed by atoms with Crippen molar-refractivity contribution in [1.82, 2.24) is 4.98 Å². The molecule has 8 heteroatoms. The highest BCUT2D eigenvalue weighted by atomic mass is 32.2. The molecule has 2 rings (SSSR count). The van der Waals surface area contributed by atoms with Gasteiger partial charge in [0.1, 0.15) is 11.6 Å². The Morgan fingerprint density at radius 1 is 1.56 bits per heavy atom. The van der Waals surface area contributed by atoms with Gasteiger partial charge in [-0.1, -0.05) is 0 Å². The molecule has 1 aliphatic rings. The third kappa shape index (κ3) is 3.23. The monoisotopic (exact) mass is 269 g/mol. The number of nitrogens with one attached hydrogen (secondary N) is 2. The van der Waals surface area contributed by atoms with Gasteiger partial charge in [0.2, 0.25) is 0 Å². The normalized spacial score (nSPS) is 18.6. The Bertz CT molecular complexity index is 436. The molecule has 0 aromatic carbocycles. The Kier molecular flexibility index (Phi) is 4.21. The van der Waals surface area contributed by atoms with Gasteiger partial charge in [-0.05, 0) is 18.6 Å². The second-order valence-corrected chi connectivity index (χ2v) is 5.42. The first-order valence-corrected chi connectivity index (χ1v) is 6.72. The zero-order valence-corrected chi connectivity index (χ0v) is 10.6. The molecule has 0 bridgehead atoms. The Morgan fingerprint density at radius 3 is 2.94 bits per heavy atom. The SMILES string of the molecule is NNc1cc([N+](=O)[O-])cc(NCC2CCCS2)n1. The van der Waals surface area contributed by atoms with E-state index in [2.05, 4.69) is 15.7 Å². The van der Waals surface area contributed by atoms with Crippen LogP contribution in [0.3, 0.4) is 0 Å². The smallest absolute Gasteiger partial charge is 0.276 e. The average molecular weight is 269 g/mol. The van der Waals surface area contributed by atoms with Crippen molar-refractivity contribution in [3.63, 3.8) is 0 Å². The van der Waals surface area contributed by atoms with E-state index in [0.717, 1.165) is 6.54 Å². The predicted octanol–water partition coefficient (Wildman–Crippen LogP) is 1.58. The van der Waals surface area contributed by atoms with Crippen LogP contribution in [0.1, 0.15) is 12.8 Å². The molecule has 0 radical (unpaired) electrons. The summed E-state index contributed by atoms with van der Waals surface area (Å²) < 4.78 is 0. The second-order valence-electron chi connectivity index (χ2n) is 4.01. The van der Waals surface area contributed by atoms with E-state index in [1.807, 2.05) is 11.8 Å². The number of nitrogen functional groups attached to an aromatic ring is 1. The molecule has 1 atom stereocenters. The van der Waals surface area contributed by atoms with E-state index in [1.165, 1.54) is 30.7 Å². The van der Waals surface area contributed by atoms with Crippen LogP contribution < -0.4 is 16.6 Å². The highest BCUT2D eigenvalue weighted by molar-refractivity contribution is 8.00. The number of rotatable bonds is 5. The van der Waals surface area contributed by atoms with Crippen molar-refractivity contribution >= 4 is 29.1 Å². The first kappa shape index (κ1) is 12.9. The molecule has 1 fully saturated rings. The van der Waals surface area contributed by atoms with Gasteiger partial charge >= 0.3 is 0 Å². The average Bonchev–Trinajstić information content (AvgIpc) is 2.89. The first-order valence-electron chi connectivity index (χ1n) is 5.67. The third-order valence-electron chi connectivity index (χ3n) is 2.70. The van der Waals surface area contributed by atoms with Crippen molar-refractivity contribution in [3.8, 4) is 0 Å². The summed E-state index contributed by atoms with van der Waals surface area (Å²) in [6.07, 6.45) is 2.41. The molecule has 0 spiro atoms. The van der Waals surface area contributed by atoms with Gasteiger partial charge in [-0.15, -0.1) is 0 Å². The maximum atomic E-state index is 10.8. The Morgan fingerprint density at radius 2 is 2.33 bits per heavy atom. The molecule has 0 aliphatic carbocycles. The Labute approximate surface area is 109 Å². The van der Waals surface area contributed by atoms with Crippen molar-refractivity contribution in [2.45, 2.75) is 18.1 Å². The number of anilines is 2. The zero-order valence-electron chi connectivity index (χ0n) is 9.76. The molecule has 18 heavy (non-hydrogen) atoms. The van der Waals surface area contributed by atoms with Gasteiger partial charge in [0.25, 0.3) is 5.69 Å². The third-order valence-corrected chi connectivity index (χ3v) is 4.10. The molecule has 98 valence electrons. The summed E-state index contributed by atoms with van der Waals surface area (Å²) >= 11 is 1.92. The summed E-state index contributed by atoms with van der Waals surface area (Å²) in [5.41, 5.74) is 2.30. The lowest BCUT2D eigenvalue weighted by Gasteiger charge is -2.11. The molecule has 1 aromatic rings. The van der Waals surface area contributed by atoms with Crippen LogP contribution in [0.15, 0.2) is 12.1 Å². The minimum Gasteiger partial charge on any atom is -0.369 e. The number of thioether (sulfide) groups is 1. The molecular weight excluding hydrogens is 254 g/mol. The lowest BCUT2D eigenvalue weighted by molar-refractivity contribution is -0.384. The summed E-state index contributed by atoms with van der Waals surface area (Å²) in [7, 11) is 0. The maximum Gasteiger partial charge on any atom is 0.276 e. The van der Waals surface area contributed by atoms with Gasteiger partial charge in [-0.3, -0.25) is 10.1 Å². The molecular formula is C10H15N5O2S. The van der Waals surface area contributed by atoms with Crippen LogP contribution in [-0.2, 0) is 0 Å². The number of nitrogens with zero attached hydrogens (tertiary/aromatic N) is 2. The Hall–Kier alpha value is -1.54. The minimum atomic E-state index is -0.460. The van der Waals surface area contributed by atoms with E-state index in [4.69, 9.17) is 5.84 Å². The quantitative estimate of drug-likeness (QED) is 0.423. The molecule has 4 N–H and O–H groups in total. The van der Waals surface area contributed by atoms with E-state index in [1.54, 1.807) is 0 Å². The standard InChI is InChI=1S/C10H15N5O2S/c11-14-10-5-7(15(16)17)4-9(13-10)12-6-8-2-1-3-18-8/h4-5,8H,1-3,6,11H2,(H2,12,13,14). The highest BCUT2D eigenvalue weighted by Gasteiger charge is 2.16. The predicted molar refractivity (Wildman–Crippen MR) is 72.7 cm³/mol. The Balaban J connectivity index is 2.05. The van der Waals surface area contributed by atoms with Crippen LogP contribution >= 0.6 is 11.8 Å². The molecule has 0 saturated carbocycles. The zero-order chi connectivity index (χ0) is 13.0. The first-order chi connectivity index (χ1) is 8.69. The van der Waals surface area contributed by atoms with Gasteiger partial charge < -0.3 is 10.7 Å². The fourth-order valence-electron chi connectivity index (χ4n) is 1.81.